The Morgan fingerprint density at radius 3 is 2.42 bits per heavy atom. The summed E-state index contributed by atoms with van der Waals surface area (Å²) in [6, 6.07) is 1.64. The molecule has 0 fully saturated rings. The van der Waals surface area contributed by atoms with Gasteiger partial charge in [-0.2, -0.15) is 4.98 Å². The molecule has 2 aromatic heterocycles. The van der Waals surface area contributed by atoms with Gasteiger partial charge in [0.1, 0.15) is 6.33 Å². The first-order valence-electron chi connectivity index (χ1n) is 7.94. The van der Waals surface area contributed by atoms with Crippen LogP contribution in [-0.4, -0.2) is 26.1 Å². The lowest BCUT2D eigenvalue weighted by Gasteiger charge is -2.13. The maximum Gasteiger partial charge on any atom is 0.304 e. The minimum atomic E-state index is -0.250. The molecule has 0 atom stereocenters. The Kier molecular flexibility index (Phi) is 8.11. The van der Waals surface area contributed by atoms with Gasteiger partial charge >= 0.3 is 6.01 Å². The molecule has 6 nitrogen and oxygen atoms in total. The summed E-state index contributed by atoms with van der Waals surface area (Å²) in [6.45, 7) is 12.0. The molecular formula is C18H24N4O2. The van der Waals surface area contributed by atoms with E-state index in [9.17, 15) is 4.79 Å². The Bertz CT molecular complexity index is 736. The molecule has 0 aliphatic carbocycles. The van der Waals surface area contributed by atoms with Crippen LogP contribution in [0.2, 0.25) is 0 Å². The lowest BCUT2D eigenvalue weighted by molar-refractivity contribution is 0.303. The maximum absolute atomic E-state index is 12.4. The van der Waals surface area contributed by atoms with Gasteiger partial charge in [-0.3, -0.25) is 4.79 Å². The lowest BCUT2D eigenvalue weighted by Crippen LogP contribution is -2.22. The van der Waals surface area contributed by atoms with Crippen molar-refractivity contribution in [2.75, 3.05) is 6.61 Å². The van der Waals surface area contributed by atoms with Gasteiger partial charge < -0.3 is 4.74 Å². The average molecular weight is 328 g/mol. The van der Waals surface area contributed by atoms with Crippen LogP contribution in [0.25, 0.3) is 17.0 Å². The molecule has 24 heavy (non-hydrogen) atoms. The molecule has 2 aromatic rings. The van der Waals surface area contributed by atoms with Crippen LogP contribution < -0.4 is 10.3 Å². The van der Waals surface area contributed by atoms with E-state index >= 15 is 0 Å². The van der Waals surface area contributed by atoms with E-state index < -0.39 is 0 Å². The fourth-order valence-electron chi connectivity index (χ4n) is 1.84. The van der Waals surface area contributed by atoms with Crippen molar-refractivity contribution >= 4 is 5.70 Å². The number of nitrogens with zero attached hydrogens (tertiary/aromatic N) is 4. The zero-order valence-electron chi connectivity index (χ0n) is 14.7. The standard InChI is InChI=1S/C15H16N4O2.C3H8/c1-4-12(5-2)19-14(20)7-13(18-15(19)21-6-3)11-8-16-10-17-9-11;1-3-2/h4-5,7-10H,1,6H2,2-3H3;3H2,1-2H3/b12-5+;. The minimum Gasteiger partial charge on any atom is -0.465 e. The molecule has 128 valence electrons. The van der Waals surface area contributed by atoms with Crippen molar-refractivity contribution in [3.8, 4) is 17.3 Å². The quantitative estimate of drug-likeness (QED) is 0.785. The third-order valence-corrected chi connectivity index (χ3v) is 2.78. The third-order valence-electron chi connectivity index (χ3n) is 2.78. The second-order valence-electron chi connectivity index (χ2n) is 4.78. The second kappa shape index (κ2) is 10.1. The monoisotopic (exact) mass is 328 g/mol. The van der Waals surface area contributed by atoms with E-state index in [1.54, 1.807) is 24.5 Å². The van der Waals surface area contributed by atoms with Gasteiger partial charge in [0.2, 0.25) is 0 Å². The van der Waals surface area contributed by atoms with Crippen molar-refractivity contribution in [1.82, 2.24) is 19.5 Å². The molecule has 0 aliphatic rings. The van der Waals surface area contributed by atoms with Crippen molar-refractivity contribution in [3.63, 3.8) is 0 Å². The highest BCUT2D eigenvalue weighted by atomic mass is 16.5. The molecule has 0 aliphatic heterocycles. The number of hydrogen-bond acceptors (Lipinski definition) is 5. The van der Waals surface area contributed by atoms with Crippen molar-refractivity contribution in [2.24, 2.45) is 0 Å². The molecule has 0 aromatic carbocycles. The van der Waals surface area contributed by atoms with Crippen molar-refractivity contribution in [1.29, 1.82) is 0 Å². The van der Waals surface area contributed by atoms with Gasteiger partial charge in [-0.25, -0.2) is 14.5 Å². The van der Waals surface area contributed by atoms with Gasteiger partial charge in [0.15, 0.2) is 0 Å². The molecule has 0 spiro atoms. The van der Waals surface area contributed by atoms with Crippen LogP contribution in [-0.2, 0) is 0 Å². The van der Waals surface area contributed by atoms with Gasteiger partial charge in [0.05, 0.1) is 12.3 Å². The minimum absolute atomic E-state index is 0.219. The fourth-order valence-corrected chi connectivity index (χ4v) is 1.84. The van der Waals surface area contributed by atoms with E-state index in [2.05, 4.69) is 35.4 Å². The van der Waals surface area contributed by atoms with E-state index in [1.807, 2.05) is 13.8 Å². The Hall–Kier alpha value is -2.76. The summed E-state index contributed by atoms with van der Waals surface area (Å²) < 4.78 is 6.87. The lowest BCUT2D eigenvalue weighted by atomic mass is 10.2. The highest BCUT2D eigenvalue weighted by Gasteiger charge is 2.13. The zero-order valence-corrected chi connectivity index (χ0v) is 14.7. The van der Waals surface area contributed by atoms with Crippen LogP contribution in [0, 0.1) is 0 Å². The Balaban J connectivity index is 0.000000891. The smallest absolute Gasteiger partial charge is 0.304 e. The van der Waals surface area contributed by atoms with E-state index in [4.69, 9.17) is 4.74 Å². The van der Waals surface area contributed by atoms with Gasteiger partial charge in [-0.15, -0.1) is 0 Å². The molecule has 6 heteroatoms. The van der Waals surface area contributed by atoms with E-state index in [1.165, 1.54) is 23.4 Å². The Labute approximate surface area is 142 Å². The van der Waals surface area contributed by atoms with Gasteiger partial charge in [-0.1, -0.05) is 32.9 Å². The van der Waals surface area contributed by atoms with Crippen LogP contribution >= 0.6 is 0 Å². The van der Waals surface area contributed by atoms with Gasteiger partial charge in [-0.05, 0) is 19.9 Å². The summed E-state index contributed by atoms with van der Waals surface area (Å²) >= 11 is 0. The normalized spacial score (nSPS) is 10.6. The molecule has 0 saturated heterocycles. The third kappa shape index (κ3) is 4.87. The molecule has 0 amide bonds. The van der Waals surface area contributed by atoms with Gasteiger partial charge in [0, 0.05) is 29.7 Å². The molecule has 0 radical (unpaired) electrons. The number of ether oxygens (including phenoxy) is 1. The van der Waals surface area contributed by atoms with E-state index in [-0.39, 0.29) is 11.6 Å². The average Bonchev–Trinajstić information content (AvgIpc) is 2.59. The summed E-state index contributed by atoms with van der Waals surface area (Å²) in [6.07, 6.45) is 9.21. The summed E-state index contributed by atoms with van der Waals surface area (Å²) in [4.78, 5) is 24.6. The summed E-state index contributed by atoms with van der Waals surface area (Å²) in [7, 11) is 0. The predicted octanol–water partition coefficient (Wildman–Crippen LogP) is 3.56. The number of hydrogen-bond donors (Lipinski definition) is 0. The SMILES string of the molecule is C=C/C(=C\C)n1c(OCC)nc(-c2cncnc2)cc1=O.CCC. The molecule has 0 bridgehead atoms. The predicted molar refractivity (Wildman–Crippen MR) is 96.8 cm³/mol. The molecule has 0 saturated carbocycles. The highest BCUT2D eigenvalue weighted by molar-refractivity contribution is 5.61. The first-order chi connectivity index (χ1) is 11.6. The molecule has 2 rings (SSSR count). The van der Waals surface area contributed by atoms with Crippen molar-refractivity contribution in [3.05, 3.63) is 53.9 Å². The largest absolute Gasteiger partial charge is 0.465 e. The number of aromatic nitrogens is 4. The molecule has 0 unspecified atom stereocenters. The van der Waals surface area contributed by atoms with Crippen LogP contribution in [0.4, 0.5) is 0 Å². The summed E-state index contributed by atoms with van der Waals surface area (Å²) in [5.74, 6) is 0. The number of rotatable bonds is 5. The van der Waals surface area contributed by atoms with Crippen molar-refractivity contribution < 1.29 is 4.74 Å². The molecule has 0 N–H and O–H groups in total. The Morgan fingerprint density at radius 2 is 1.92 bits per heavy atom. The summed E-state index contributed by atoms with van der Waals surface area (Å²) in [5.41, 5.74) is 1.50. The van der Waals surface area contributed by atoms with Crippen LogP contribution in [0.5, 0.6) is 6.01 Å². The molecular weight excluding hydrogens is 304 g/mol. The van der Waals surface area contributed by atoms with Crippen LogP contribution in [0.15, 0.2) is 48.3 Å². The Morgan fingerprint density at radius 1 is 1.29 bits per heavy atom. The highest BCUT2D eigenvalue weighted by Crippen LogP contribution is 2.19. The second-order valence-corrected chi connectivity index (χ2v) is 4.78. The van der Waals surface area contributed by atoms with Crippen molar-refractivity contribution in [2.45, 2.75) is 34.1 Å². The zero-order chi connectivity index (χ0) is 17.9. The number of allylic oxidation sites excluding steroid dienone is 3. The van der Waals surface area contributed by atoms with Crippen LogP contribution in [0.3, 0.4) is 0 Å². The van der Waals surface area contributed by atoms with Crippen LogP contribution in [0.1, 0.15) is 34.1 Å². The first-order valence-corrected chi connectivity index (χ1v) is 7.94. The topological polar surface area (TPSA) is 69.9 Å². The first kappa shape index (κ1) is 19.3. The summed E-state index contributed by atoms with van der Waals surface area (Å²) in [5, 5.41) is 0. The van der Waals surface area contributed by atoms with E-state index in [0.29, 0.717) is 23.6 Å². The van der Waals surface area contributed by atoms with Gasteiger partial charge in [0.25, 0.3) is 5.56 Å². The maximum atomic E-state index is 12.4. The van der Waals surface area contributed by atoms with E-state index in [0.717, 1.165) is 0 Å². The fraction of sp³-hybridized carbons (Fsp3) is 0.333. The molecule has 2 heterocycles.